The molecule has 1 heterocycles. The van der Waals surface area contributed by atoms with E-state index in [2.05, 4.69) is 5.32 Å². The Morgan fingerprint density at radius 1 is 1.47 bits per heavy atom. The van der Waals surface area contributed by atoms with Crippen LogP contribution in [0, 0.1) is 0 Å². The van der Waals surface area contributed by atoms with Gasteiger partial charge in [-0.2, -0.15) is 0 Å². The quantitative estimate of drug-likeness (QED) is 0.578. The van der Waals surface area contributed by atoms with Crippen molar-refractivity contribution in [3.63, 3.8) is 0 Å². The zero-order valence-corrected chi connectivity index (χ0v) is 10.4. The van der Waals surface area contributed by atoms with Crippen LogP contribution in [0.5, 0.6) is 0 Å². The van der Waals surface area contributed by atoms with Crippen molar-refractivity contribution in [3.8, 4) is 0 Å². The van der Waals surface area contributed by atoms with Crippen molar-refractivity contribution < 1.29 is 14.4 Å². The van der Waals surface area contributed by atoms with Crippen LogP contribution in [0.2, 0.25) is 0 Å². The Morgan fingerprint density at radius 2 is 2.12 bits per heavy atom. The summed E-state index contributed by atoms with van der Waals surface area (Å²) in [5, 5.41) is 2.24. The Labute approximate surface area is 101 Å². The van der Waals surface area contributed by atoms with Crippen LogP contribution < -0.4 is 5.32 Å². The van der Waals surface area contributed by atoms with Crippen LogP contribution in [0.3, 0.4) is 0 Å². The fourth-order valence-electron chi connectivity index (χ4n) is 1.91. The molecule has 0 saturated carbocycles. The minimum Gasteiger partial charge on any atom is -0.318 e. The fourth-order valence-corrected chi connectivity index (χ4v) is 1.91. The number of hydrogen-bond donors (Lipinski definition) is 1. The zero-order valence-electron chi connectivity index (χ0n) is 10.4. The Hall–Kier alpha value is -1.65. The highest BCUT2D eigenvalue weighted by atomic mass is 16.2. The topological polar surface area (TPSA) is 66.5 Å². The number of nitrogens with zero attached hydrogens (tertiary/aromatic N) is 1. The molecule has 0 spiro atoms. The first-order valence-electron chi connectivity index (χ1n) is 5.82. The second kappa shape index (κ2) is 5.61. The lowest BCUT2D eigenvalue weighted by molar-refractivity contribution is -0.148. The summed E-state index contributed by atoms with van der Waals surface area (Å²) in [6, 6.07) is -0.541. The van der Waals surface area contributed by atoms with Crippen LogP contribution in [0.25, 0.3) is 0 Å². The van der Waals surface area contributed by atoms with E-state index in [1.807, 2.05) is 13.8 Å². The molecule has 1 rings (SSSR count). The molecule has 5 nitrogen and oxygen atoms in total. The Kier molecular flexibility index (Phi) is 4.43. The standard InChI is InChI=1S/C12H18N2O3/c1-4-6-8(3)12(17)14-7-10(15)13-11(16)9(14)5-2/h6,9H,4-5,7H2,1-3H3,(H,13,15,16). The van der Waals surface area contributed by atoms with Crippen LogP contribution in [-0.2, 0) is 14.4 Å². The van der Waals surface area contributed by atoms with Gasteiger partial charge in [0, 0.05) is 5.57 Å². The normalized spacial score (nSPS) is 21.5. The largest absolute Gasteiger partial charge is 0.318 e. The number of piperazine rings is 1. The predicted molar refractivity (Wildman–Crippen MR) is 63.0 cm³/mol. The third-order valence-corrected chi connectivity index (χ3v) is 2.75. The Balaban J connectivity index is 2.92. The summed E-state index contributed by atoms with van der Waals surface area (Å²) in [7, 11) is 0. The van der Waals surface area contributed by atoms with Gasteiger partial charge in [-0.15, -0.1) is 0 Å². The molecular formula is C12H18N2O3. The molecule has 5 heteroatoms. The maximum atomic E-state index is 12.1. The minimum absolute atomic E-state index is 0.0437. The summed E-state index contributed by atoms with van der Waals surface area (Å²) in [6.45, 7) is 5.41. The van der Waals surface area contributed by atoms with Crippen molar-refractivity contribution in [2.24, 2.45) is 0 Å². The Bertz CT molecular complexity index is 374. The molecule has 1 fully saturated rings. The van der Waals surface area contributed by atoms with Gasteiger partial charge in [0.2, 0.25) is 17.7 Å². The van der Waals surface area contributed by atoms with Crippen molar-refractivity contribution in [1.29, 1.82) is 0 Å². The van der Waals surface area contributed by atoms with Crippen molar-refractivity contribution in [1.82, 2.24) is 10.2 Å². The van der Waals surface area contributed by atoms with Gasteiger partial charge in [-0.1, -0.05) is 19.9 Å². The van der Waals surface area contributed by atoms with Gasteiger partial charge >= 0.3 is 0 Å². The first kappa shape index (κ1) is 13.4. The highest BCUT2D eigenvalue weighted by Crippen LogP contribution is 2.13. The van der Waals surface area contributed by atoms with E-state index in [1.54, 1.807) is 13.0 Å². The molecule has 1 N–H and O–H groups in total. The average molecular weight is 238 g/mol. The number of imide groups is 1. The smallest absolute Gasteiger partial charge is 0.250 e. The number of hydrogen-bond acceptors (Lipinski definition) is 3. The van der Waals surface area contributed by atoms with Crippen molar-refractivity contribution >= 4 is 17.7 Å². The van der Waals surface area contributed by atoms with Crippen LogP contribution in [0.1, 0.15) is 33.6 Å². The average Bonchev–Trinajstić information content (AvgIpc) is 2.27. The lowest BCUT2D eigenvalue weighted by Crippen LogP contribution is -2.59. The van der Waals surface area contributed by atoms with E-state index in [0.717, 1.165) is 6.42 Å². The monoisotopic (exact) mass is 238 g/mol. The maximum absolute atomic E-state index is 12.1. The highest BCUT2D eigenvalue weighted by Gasteiger charge is 2.35. The van der Waals surface area contributed by atoms with E-state index in [4.69, 9.17) is 0 Å². The van der Waals surface area contributed by atoms with Crippen LogP contribution >= 0.6 is 0 Å². The number of rotatable bonds is 3. The molecule has 0 aromatic carbocycles. The molecule has 0 aromatic rings. The predicted octanol–water partition coefficient (Wildman–Crippen LogP) is 0.606. The second-order valence-electron chi connectivity index (χ2n) is 4.06. The first-order chi connectivity index (χ1) is 8.01. The van der Waals surface area contributed by atoms with E-state index >= 15 is 0 Å². The van der Waals surface area contributed by atoms with Gasteiger partial charge in [-0.3, -0.25) is 19.7 Å². The van der Waals surface area contributed by atoms with Crippen LogP contribution in [0.4, 0.5) is 0 Å². The molecule has 0 bridgehead atoms. The minimum atomic E-state index is -0.541. The van der Waals surface area contributed by atoms with Gasteiger partial charge in [0.15, 0.2) is 0 Å². The molecule has 1 unspecified atom stereocenters. The second-order valence-corrected chi connectivity index (χ2v) is 4.06. The molecule has 0 aromatic heterocycles. The van der Waals surface area contributed by atoms with Crippen LogP contribution in [0.15, 0.2) is 11.6 Å². The fraction of sp³-hybridized carbons (Fsp3) is 0.583. The third-order valence-electron chi connectivity index (χ3n) is 2.75. The lowest BCUT2D eigenvalue weighted by Gasteiger charge is -2.33. The van der Waals surface area contributed by atoms with E-state index in [1.165, 1.54) is 4.90 Å². The number of amides is 3. The van der Waals surface area contributed by atoms with E-state index < -0.39 is 11.9 Å². The summed E-state index contributed by atoms with van der Waals surface area (Å²) >= 11 is 0. The summed E-state index contributed by atoms with van der Waals surface area (Å²) in [4.78, 5) is 36.3. The van der Waals surface area contributed by atoms with Crippen molar-refractivity contribution in [2.45, 2.75) is 39.7 Å². The molecular weight excluding hydrogens is 220 g/mol. The Morgan fingerprint density at radius 3 is 2.65 bits per heavy atom. The van der Waals surface area contributed by atoms with Crippen molar-refractivity contribution in [2.75, 3.05) is 6.54 Å². The van der Waals surface area contributed by atoms with E-state index in [-0.39, 0.29) is 18.4 Å². The van der Waals surface area contributed by atoms with E-state index in [0.29, 0.717) is 12.0 Å². The van der Waals surface area contributed by atoms with E-state index in [9.17, 15) is 14.4 Å². The molecule has 17 heavy (non-hydrogen) atoms. The third kappa shape index (κ3) is 2.93. The number of nitrogens with one attached hydrogen (secondary N) is 1. The number of carbonyl (C=O) groups is 3. The summed E-state index contributed by atoms with van der Waals surface area (Å²) in [6.07, 6.45) is 3.05. The van der Waals surface area contributed by atoms with Crippen LogP contribution in [-0.4, -0.2) is 35.2 Å². The summed E-state index contributed by atoms with van der Waals surface area (Å²) in [5.74, 6) is -1.04. The van der Waals surface area contributed by atoms with Gasteiger partial charge in [0.05, 0.1) is 0 Å². The maximum Gasteiger partial charge on any atom is 0.250 e. The molecule has 0 radical (unpaired) electrons. The SMILES string of the molecule is CCC=C(C)C(=O)N1CC(=O)NC(=O)C1CC. The molecule has 1 atom stereocenters. The molecule has 0 aliphatic carbocycles. The number of allylic oxidation sites excluding steroid dienone is 1. The summed E-state index contributed by atoms with van der Waals surface area (Å²) < 4.78 is 0. The number of carbonyl (C=O) groups excluding carboxylic acids is 3. The molecule has 94 valence electrons. The lowest BCUT2D eigenvalue weighted by atomic mass is 10.1. The van der Waals surface area contributed by atoms with Crippen molar-refractivity contribution in [3.05, 3.63) is 11.6 Å². The summed E-state index contributed by atoms with van der Waals surface area (Å²) in [5.41, 5.74) is 0.577. The van der Waals surface area contributed by atoms with Gasteiger partial charge < -0.3 is 4.90 Å². The molecule has 3 amide bonds. The zero-order chi connectivity index (χ0) is 13.0. The molecule has 1 saturated heterocycles. The van der Waals surface area contributed by atoms with Gasteiger partial charge in [0.1, 0.15) is 12.6 Å². The molecule has 1 aliphatic rings. The van der Waals surface area contributed by atoms with Gasteiger partial charge in [0.25, 0.3) is 0 Å². The molecule has 1 aliphatic heterocycles. The van der Waals surface area contributed by atoms with Gasteiger partial charge in [-0.25, -0.2) is 0 Å². The van der Waals surface area contributed by atoms with Gasteiger partial charge in [-0.05, 0) is 19.8 Å². The first-order valence-corrected chi connectivity index (χ1v) is 5.82. The highest BCUT2D eigenvalue weighted by molar-refractivity contribution is 6.06.